The minimum Gasteiger partial charge on any atom is -0.385 e. The molecule has 2 rings (SSSR count). The zero-order chi connectivity index (χ0) is 13.2. The summed E-state index contributed by atoms with van der Waals surface area (Å²) in [5.74, 6) is 0.695. The van der Waals surface area contributed by atoms with Crippen molar-refractivity contribution in [1.29, 1.82) is 0 Å². The fourth-order valence-corrected chi connectivity index (χ4v) is 1.55. The second kappa shape index (κ2) is 4.67. The number of hydrogen-bond acceptors (Lipinski definition) is 4. The van der Waals surface area contributed by atoms with Crippen molar-refractivity contribution in [2.75, 3.05) is 11.9 Å². The molecule has 1 aromatic carbocycles. The molecular formula is C11H11F3N4. The lowest BCUT2D eigenvalue weighted by atomic mass is 10.1. The summed E-state index contributed by atoms with van der Waals surface area (Å²) in [7, 11) is 0. The molecule has 0 saturated heterocycles. The molecule has 4 nitrogen and oxygen atoms in total. The van der Waals surface area contributed by atoms with E-state index in [1.165, 1.54) is 12.1 Å². The van der Waals surface area contributed by atoms with E-state index in [-0.39, 0.29) is 5.56 Å². The number of halogens is 3. The Balaban J connectivity index is 2.08. The van der Waals surface area contributed by atoms with E-state index >= 15 is 0 Å². The minimum absolute atomic E-state index is 0.183. The van der Waals surface area contributed by atoms with Gasteiger partial charge >= 0.3 is 6.18 Å². The van der Waals surface area contributed by atoms with Crippen LogP contribution in [0.3, 0.4) is 0 Å². The van der Waals surface area contributed by atoms with Gasteiger partial charge in [0.05, 0.1) is 6.42 Å². The van der Waals surface area contributed by atoms with Gasteiger partial charge in [-0.25, -0.2) is 4.99 Å². The molecule has 0 aromatic heterocycles. The van der Waals surface area contributed by atoms with Crippen molar-refractivity contribution >= 4 is 17.5 Å². The number of amidine groups is 1. The summed E-state index contributed by atoms with van der Waals surface area (Å²) in [6.45, 7) is 0.310. The predicted molar refractivity (Wildman–Crippen MR) is 63.7 cm³/mol. The van der Waals surface area contributed by atoms with Crippen LogP contribution in [0, 0.1) is 0 Å². The first-order valence-corrected chi connectivity index (χ1v) is 5.22. The molecule has 96 valence electrons. The van der Waals surface area contributed by atoms with E-state index in [0.29, 0.717) is 24.0 Å². The summed E-state index contributed by atoms with van der Waals surface area (Å²) in [5.41, 5.74) is 6.13. The molecule has 0 radical (unpaired) electrons. The van der Waals surface area contributed by atoms with Gasteiger partial charge in [-0.15, -0.1) is 0 Å². The lowest BCUT2D eigenvalue weighted by molar-refractivity contribution is -0.127. The van der Waals surface area contributed by atoms with Crippen molar-refractivity contribution in [2.24, 2.45) is 15.7 Å². The molecule has 7 heteroatoms. The number of anilines is 1. The van der Waals surface area contributed by atoms with Crippen molar-refractivity contribution in [3.63, 3.8) is 0 Å². The zero-order valence-corrected chi connectivity index (χ0v) is 9.33. The average molecular weight is 256 g/mol. The summed E-state index contributed by atoms with van der Waals surface area (Å²) in [6.07, 6.45) is -5.17. The van der Waals surface area contributed by atoms with Crippen LogP contribution in [0.4, 0.5) is 18.9 Å². The van der Waals surface area contributed by atoms with Crippen molar-refractivity contribution in [3.05, 3.63) is 29.8 Å². The van der Waals surface area contributed by atoms with Crippen molar-refractivity contribution in [1.82, 2.24) is 0 Å². The van der Waals surface area contributed by atoms with Gasteiger partial charge in [-0.1, -0.05) is 12.1 Å². The Morgan fingerprint density at radius 2 is 2.11 bits per heavy atom. The number of hydrogen-bond donors (Lipinski definition) is 2. The van der Waals surface area contributed by atoms with Gasteiger partial charge in [0, 0.05) is 5.69 Å². The van der Waals surface area contributed by atoms with Crippen LogP contribution < -0.4 is 11.1 Å². The number of rotatable bonds is 2. The van der Waals surface area contributed by atoms with E-state index < -0.39 is 12.6 Å². The molecule has 1 aromatic rings. The number of nitrogens with two attached hydrogens (primary N) is 1. The highest BCUT2D eigenvalue weighted by Crippen LogP contribution is 2.23. The third-order valence-electron chi connectivity index (χ3n) is 2.23. The van der Waals surface area contributed by atoms with Gasteiger partial charge < -0.3 is 11.1 Å². The number of nitrogens with zero attached hydrogens (tertiary/aromatic N) is 2. The normalized spacial score (nSPS) is 15.3. The highest BCUT2D eigenvalue weighted by molar-refractivity contribution is 6.07. The van der Waals surface area contributed by atoms with Crippen molar-refractivity contribution in [2.45, 2.75) is 12.6 Å². The first kappa shape index (κ1) is 12.4. The third-order valence-corrected chi connectivity index (χ3v) is 2.23. The third kappa shape index (κ3) is 3.47. The fourth-order valence-electron chi connectivity index (χ4n) is 1.55. The summed E-state index contributed by atoms with van der Waals surface area (Å²) >= 11 is 0. The Morgan fingerprint density at radius 3 is 2.72 bits per heavy atom. The first-order valence-electron chi connectivity index (χ1n) is 5.22. The van der Waals surface area contributed by atoms with Crippen LogP contribution in [0.1, 0.15) is 5.56 Å². The van der Waals surface area contributed by atoms with E-state index in [0.717, 1.165) is 0 Å². The Bertz CT molecular complexity index is 505. The highest BCUT2D eigenvalue weighted by atomic mass is 19.4. The average Bonchev–Trinajstić information content (AvgIpc) is 2.62. The first-order chi connectivity index (χ1) is 8.42. The molecule has 0 fully saturated rings. The number of guanidine groups is 1. The van der Waals surface area contributed by atoms with Crippen molar-refractivity contribution in [3.8, 4) is 0 Å². The number of benzene rings is 1. The maximum Gasteiger partial charge on any atom is 0.393 e. The van der Waals surface area contributed by atoms with Crippen LogP contribution in [0.2, 0.25) is 0 Å². The number of alkyl halides is 3. The minimum atomic E-state index is -4.22. The second-order valence-electron chi connectivity index (χ2n) is 3.86. The van der Waals surface area contributed by atoms with E-state index in [1.807, 2.05) is 0 Å². The summed E-state index contributed by atoms with van der Waals surface area (Å²) < 4.78 is 36.7. The molecule has 18 heavy (non-hydrogen) atoms. The fraction of sp³-hybridized carbons (Fsp3) is 0.273. The molecule has 1 aliphatic heterocycles. The van der Waals surface area contributed by atoms with E-state index in [9.17, 15) is 13.2 Å². The molecular weight excluding hydrogens is 245 g/mol. The van der Waals surface area contributed by atoms with Crippen LogP contribution in [0.15, 0.2) is 34.3 Å². The molecule has 0 unspecified atom stereocenters. The topological polar surface area (TPSA) is 62.8 Å². The van der Waals surface area contributed by atoms with Gasteiger partial charge in [-0.2, -0.15) is 18.2 Å². The molecule has 0 aliphatic carbocycles. The molecule has 0 atom stereocenters. The molecule has 0 saturated carbocycles. The van der Waals surface area contributed by atoms with Crippen LogP contribution in [-0.2, 0) is 6.42 Å². The maximum absolute atomic E-state index is 12.2. The number of aliphatic imine (C=N–C) groups is 2. The quantitative estimate of drug-likeness (QED) is 0.849. The van der Waals surface area contributed by atoms with Gasteiger partial charge in [0.1, 0.15) is 12.4 Å². The second-order valence-corrected chi connectivity index (χ2v) is 3.86. The summed E-state index contributed by atoms with van der Waals surface area (Å²) in [4.78, 5) is 7.87. The summed E-state index contributed by atoms with van der Waals surface area (Å²) in [6, 6.07) is 6.03. The standard InChI is InChI=1S/C11H11F3N4/c12-11(13,14)5-7-2-1-3-8(4-7)17-10-16-6-9(15)18-10/h1-4H,5-6H2,(H3,15,16,17,18). The van der Waals surface area contributed by atoms with Gasteiger partial charge in [-0.05, 0) is 17.7 Å². The van der Waals surface area contributed by atoms with Crippen molar-refractivity contribution < 1.29 is 13.2 Å². The molecule has 0 spiro atoms. The Hall–Kier alpha value is -2.05. The zero-order valence-electron chi connectivity index (χ0n) is 9.33. The Morgan fingerprint density at radius 1 is 1.33 bits per heavy atom. The highest BCUT2D eigenvalue weighted by Gasteiger charge is 2.27. The molecule has 1 heterocycles. The van der Waals surface area contributed by atoms with Gasteiger partial charge in [0.25, 0.3) is 0 Å². The number of nitrogens with one attached hydrogen (secondary N) is 1. The van der Waals surface area contributed by atoms with E-state index in [2.05, 4.69) is 15.3 Å². The summed E-state index contributed by atoms with van der Waals surface area (Å²) in [5, 5.41) is 2.81. The Labute approximate surface area is 101 Å². The van der Waals surface area contributed by atoms with Gasteiger partial charge in [-0.3, -0.25) is 0 Å². The largest absolute Gasteiger partial charge is 0.393 e. The predicted octanol–water partition coefficient (Wildman–Crippen LogP) is 1.93. The lowest BCUT2D eigenvalue weighted by Crippen LogP contribution is -2.13. The molecule has 3 N–H and O–H groups in total. The SMILES string of the molecule is NC1=NC(Nc2cccc(CC(F)(F)F)c2)=NC1. The van der Waals surface area contributed by atoms with E-state index in [4.69, 9.17) is 5.73 Å². The smallest absolute Gasteiger partial charge is 0.385 e. The molecule has 0 bridgehead atoms. The molecule has 0 amide bonds. The molecule has 1 aliphatic rings. The van der Waals surface area contributed by atoms with E-state index in [1.54, 1.807) is 12.1 Å². The monoisotopic (exact) mass is 256 g/mol. The van der Waals surface area contributed by atoms with Crippen LogP contribution in [-0.4, -0.2) is 24.5 Å². The lowest BCUT2D eigenvalue weighted by Gasteiger charge is -2.08. The van der Waals surface area contributed by atoms with Gasteiger partial charge in [0.2, 0.25) is 5.96 Å². The van der Waals surface area contributed by atoms with Crippen LogP contribution in [0.5, 0.6) is 0 Å². The Kier molecular flexibility index (Phi) is 3.22. The van der Waals surface area contributed by atoms with Crippen LogP contribution >= 0.6 is 0 Å². The van der Waals surface area contributed by atoms with Crippen LogP contribution in [0.25, 0.3) is 0 Å². The maximum atomic E-state index is 12.2. The van der Waals surface area contributed by atoms with Gasteiger partial charge in [0.15, 0.2) is 0 Å².